The van der Waals surface area contributed by atoms with Crippen LogP contribution in [0.15, 0.2) is 30.3 Å². The van der Waals surface area contributed by atoms with Crippen LogP contribution in [0.3, 0.4) is 0 Å². The molecular formula is C10H10BNO. The maximum Gasteiger partial charge on any atom is 0.206 e. The minimum Gasteiger partial charge on any atom is -0.481 e. The number of hydrogen-bond donors (Lipinski definition) is 0. The van der Waals surface area contributed by atoms with Gasteiger partial charge in [0.15, 0.2) is 0 Å². The molecule has 0 bridgehead atoms. The summed E-state index contributed by atoms with van der Waals surface area (Å²) >= 11 is 0. The van der Waals surface area contributed by atoms with E-state index < -0.39 is 0 Å². The molecular weight excluding hydrogens is 161 g/mol. The molecule has 0 aliphatic rings. The molecule has 2 rings (SSSR count). The Morgan fingerprint density at radius 2 is 2.08 bits per heavy atom. The van der Waals surface area contributed by atoms with Gasteiger partial charge in [-0.25, -0.2) is 4.98 Å². The molecule has 0 N–H and O–H groups in total. The molecule has 2 nitrogen and oxygen atoms in total. The molecule has 0 amide bonds. The summed E-state index contributed by atoms with van der Waals surface area (Å²) in [6.45, 7) is 0. The van der Waals surface area contributed by atoms with Gasteiger partial charge in [0.2, 0.25) is 5.88 Å². The van der Waals surface area contributed by atoms with Crippen molar-refractivity contribution in [3.63, 3.8) is 0 Å². The van der Waals surface area contributed by atoms with Crippen molar-refractivity contribution in [2.45, 2.75) is 0 Å². The third-order valence-corrected chi connectivity index (χ3v) is 2.06. The van der Waals surface area contributed by atoms with Crippen LogP contribution in [-0.4, -0.2) is 19.9 Å². The molecule has 0 aliphatic heterocycles. The molecule has 1 aromatic carbocycles. The quantitative estimate of drug-likeness (QED) is 0.583. The predicted octanol–water partition coefficient (Wildman–Crippen LogP) is 0.502. The van der Waals surface area contributed by atoms with Gasteiger partial charge in [0.25, 0.3) is 0 Å². The second-order valence-electron chi connectivity index (χ2n) is 3.01. The Hall–Kier alpha value is -1.51. The first-order valence-corrected chi connectivity index (χ1v) is 4.21. The summed E-state index contributed by atoms with van der Waals surface area (Å²) in [5, 5.41) is 1.15. The van der Waals surface area contributed by atoms with E-state index in [9.17, 15) is 0 Å². The summed E-state index contributed by atoms with van der Waals surface area (Å²) in [5.74, 6) is 0.707. The van der Waals surface area contributed by atoms with Crippen molar-refractivity contribution in [2.24, 2.45) is 0 Å². The third-order valence-electron chi connectivity index (χ3n) is 2.06. The largest absolute Gasteiger partial charge is 0.481 e. The number of fused-ring (bicyclic) bond motifs is 1. The van der Waals surface area contributed by atoms with E-state index >= 15 is 0 Å². The fraction of sp³-hybridized carbons (Fsp3) is 0.100. The topological polar surface area (TPSA) is 22.1 Å². The summed E-state index contributed by atoms with van der Waals surface area (Å²) in [6, 6.07) is 10.1. The van der Waals surface area contributed by atoms with E-state index in [1.165, 1.54) is 0 Å². The molecule has 0 spiro atoms. The molecule has 0 saturated carbocycles. The molecule has 0 fully saturated rings. The number of ether oxygens (including phenoxy) is 1. The number of para-hydroxylation sites is 1. The number of nitrogens with zero attached hydrogens (tertiary/aromatic N) is 1. The average molecular weight is 171 g/mol. The van der Waals surface area contributed by atoms with E-state index in [1.807, 2.05) is 26.0 Å². The summed E-state index contributed by atoms with van der Waals surface area (Å²) in [6.07, 6.45) is 0. The maximum atomic E-state index is 5.14. The fourth-order valence-electron chi connectivity index (χ4n) is 1.41. The first-order valence-electron chi connectivity index (χ1n) is 4.21. The van der Waals surface area contributed by atoms with Crippen LogP contribution in [0.1, 0.15) is 0 Å². The van der Waals surface area contributed by atoms with Gasteiger partial charge >= 0.3 is 0 Å². The highest BCUT2D eigenvalue weighted by Gasteiger charge is 2.01. The van der Waals surface area contributed by atoms with Crippen LogP contribution in [-0.2, 0) is 0 Å². The highest BCUT2D eigenvalue weighted by molar-refractivity contribution is 6.34. The van der Waals surface area contributed by atoms with Crippen LogP contribution in [0.2, 0.25) is 0 Å². The van der Waals surface area contributed by atoms with Crippen LogP contribution in [0.4, 0.5) is 0 Å². The summed E-state index contributed by atoms with van der Waals surface area (Å²) in [4.78, 5) is 4.37. The van der Waals surface area contributed by atoms with Crippen molar-refractivity contribution in [3.8, 4) is 5.88 Å². The Bertz CT molecular complexity index is 442. The Morgan fingerprint density at radius 3 is 2.85 bits per heavy atom. The predicted molar refractivity (Wildman–Crippen MR) is 56.5 cm³/mol. The monoisotopic (exact) mass is 171 g/mol. The zero-order valence-corrected chi connectivity index (χ0v) is 7.74. The van der Waals surface area contributed by atoms with Gasteiger partial charge in [0.1, 0.15) is 7.85 Å². The third kappa shape index (κ3) is 1.37. The Morgan fingerprint density at radius 1 is 1.31 bits per heavy atom. The van der Waals surface area contributed by atoms with Crippen molar-refractivity contribution in [2.75, 3.05) is 7.11 Å². The number of hydrogen-bond acceptors (Lipinski definition) is 2. The van der Waals surface area contributed by atoms with E-state index in [-0.39, 0.29) is 0 Å². The normalized spacial score (nSPS) is 10.2. The molecule has 0 unspecified atom stereocenters. The van der Waals surface area contributed by atoms with Gasteiger partial charge in [-0.3, -0.25) is 0 Å². The van der Waals surface area contributed by atoms with Crippen LogP contribution < -0.4 is 10.2 Å². The highest BCUT2D eigenvalue weighted by atomic mass is 16.5. The van der Waals surface area contributed by atoms with E-state index in [0.29, 0.717) is 5.88 Å². The molecule has 1 heterocycles. The first-order chi connectivity index (χ1) is 6.31. The molecule has 0 atom stereocenters. The first kappa shape index (κ1) is 8.11. The number of benzene rings is 1. The van der Waals surface area contributed by atoms with Gasteiger partial charge in [0.05, 0.1) is 12.6 Å². The molecule has 64 valence electrons. The van der Waals surface area contributed by atoms with E-state index in [4.69, 9.17) is 4.74 Å². The zero-order valence-electron chi connectivity index (χ0n) is 7.74. The fourth-order valence-corrected chi connectivity index (χ4v) is 1.41. The van der Waals surface area contributed by atoms with Crippen LogP contribution >= 0.6 is 0 Å². The van der Waals surface area contributed by atoms with Crippen molar-refractivity contribution < 1.29 is 4.74 Å². The Balaban J connectivity index is 2.74. The van der Waals surface area contributed by atoms with E-state index in [1.54, 1.807) is 7.11 Å². The smallest absolute Gasteiger partial charge is 0.206 e. The Labute approximate surface area is 78.0 Å². The average Bonchev–Trinajstić information content (AvgIpc) is 2.17. The summed E-state index contributed by atoms with van der Waals surface area (Å²) in [7, 11) is 3.64. The SMILES string of the molecule is Bc1cc2ccccc2nc1OC. The molecule has 0 radical (unpaired) electrons. The molecule has 2 aromatic rings. The van der Waals surface area contributed by atoms with E-state index in [0.717, 1.165) is 16.4 Å². The minimum atomic E-state index is 0.707. The lowest BCUT2D eigenvalue weighted by Gasteiger charge is -2.04. The minimum absolute atomic E-state index is 0.707. The van der Waals surface area contributed by atoms with Crippen molar-refractivity contribution >= 4 is 24.2 Å². The standard InChI is InChI=1S/C10H10BNO/c1-13-10-8(11)6-7-4-2-3-5-9(7)12-10/h2-6H,11H2,1H3. The lowest BCUT2D eigenvalue weighted by Crippen LogP contribution is -2.08. The second kappa shape index (κ2) is 3.09. The van der Waals surface area contributed by atoms with Gasteiger partial charge in [-0.05, 0) is 16.9 Å². The number of aromatic nitrogens is 1. The molecule has 0 aliphatic carbocycles. The van der Waals surface area contributed by atoms with Crippen LogP contribution in [0, 0.1) is 0 Å². The lowest BCUT2D eigenvalue weighted by molar-refractivity contribution is 0.403. The Kier molecular flexibility index (Phi) is 1.93. The second-order valence-corrected chi connectivity index (χ2v) is 3.01. The molecule has 1 aromatic heterocycles. The molecule has 13 heavy (non-hydrogen) atoms. The van der Waals surface area contributed by atoms with Crippen molar-refractivity contribution in [1.82, 2.24) is 4.98 Å². The highest BCUT2D eigenvalue weighted by Crippen LogP contribution is 2.12. The molecule has 3 heteroatoms. The summed E-state index contributed by atoms with van der Waals surface area (Å²) in [5.41, 5.74) is 2.05. The maximum absolute atomic E-state index is 5.14. The summed E-state index contributed by atoms with van der Waals surface area (Å²) < 4.78 is 5.14. The van der Waals surface area contributed by atoms with Gasteiger partial charge in [-0.1, -0.05) is 24.3 Å². The van der Waals surface area contributed by atoms with Crippen LogP contribution in [0.5, 0.6) is 5.88 Å². The zero-order chi connectivity index (χ0) is 9.26. The van der Waals surface area contributed by atoms with Crippen molar-refractivity contribution in [3.05, 3.63) is 30.3 Å². The number of rotatable bonds is 1. The lowest BCUT2D eigenvalue weighted by atomic mass is 9.96. The van der Waals surface area contributed by atoms with Gasteiger partial charge < -0.3 is 4.74 Å². The van der Waals surface area contributed by atoms with Gasteiger partial charge in [-0.15, -0.1) is 0 Å². The van der Waals surface area contributed by atoms with E-state index in [2.05, 4.69) is 17.1 Å². The number of pyridine rings is 1. The van der Waals surface area contributed by atoms with Gasteiger partial charge in [0, 0.05) is 0 Å². The number of methoxy groups -OCH3 is 1. The van der Waals surface area contributed by atoms with Crippen molar-refractivity contribution in [1.29, 1.82) is 0 Å². The van der Waals surface area contributed by atoms with Crippen LogP contribution in [0.25, 0.3) is 10.9 Å². The van der Waals surface area contributed by atoms with Gasteiger partial charge in [-0.2, -0.15) is 0 Å². The molecule has 0 saturated heterocycles.